The number of likely N-dealkylation sites (tertiary alicyclic amines) is 1. The van der Waals surface area contributed by atoms with Crippen LogP contribution >= 0.6 is 0 Å². The lowest BCUT2D eigenvalue weighted by molar-refractivity contribution is -0.143. The van der Waals surface area contributed by atoms with Gasteiger partial charge < -0.3 is 10.0 Å². The molecule has 0 aliphatic carbocycles. The highest BCUT2D eigenvalue weighted by Gasteiger charge is 2.24. The third kappa shape index (κ3) is 4.00. The van der Waals surface area contributed by atoms with Crippen LogP contribution in [0.5, 0.6) is 0 Å². The molecule has 1 N–H and O–H groups in total. The molecule has 0 bridgehead atoms. The Bertz CT molecular complexity index is 293. The minimum absolute atomic E-state index is 0.0344. The van der Waals surface area contributed by atoms with Crippen LogP contribution in [0, 0.1) is 5.92 Å². The van der Waals surface area contributed by atoms with Gasteiger partial charge in [0, 0.05) is 13.1 Å². The lowest BCUT2D eigenvalue weighted by Gasteiger charge is -2.32. The fourth-order valence-corrected chi connectivity index (χ4v) is 2.05. The molecule has 0 radical (unpaired) electrons. The van der Waals surface area contributed by atoms with Crippen molar-refractivity contribution in [3.05, 3.63) is 0 Å². The summed E-state index contributed by atoms with van der Waals surface area (Å²) in [5, 5.41) is 8.85. The molecule has 1 rings (SSSR count). The maximum atomic E-state index is 12.0. The van der Waals surface area contributed by atoms with Gasteiger partial charge in [-0.25, -0.2) is 0 Å². The molecule has 5 heteroatoms. The zero-order valence-electron chi connectivity index (χ0n) is 10.8. The van der Waals surface area contributed by atoms with Crippen LogP contribution in [0.2, 0.25) is 0 Å². The van der Waals surface area contributed by atoms with Gasteiger partial charge in [-0.3, -0.25) is 14.5 Å². The Morgan fingerprint density at radius 2 is 2.18 bits per heavy atom. The van der Waals surface area contributed by atoms with E-state index in [2.05, 4.69) is 6.92 Å². The van der Waals surface area contributed by atoms with Gasteiger partial charge in [0.25, 0.3) is 0 Å². The molecule has 1 fully saturated rings. The first-order chi connectivity index (χ1) is 7.91. The monoisotopic (exact) mass is 242 g/mol. The van der Waals surface area contributed by atoms with Crippen molar-refractivity contribution in [2.75, 3.05) is 26.7 Å². The molecule has 1 heterocycles. The molecule has 5 nitrogen and oxygen atoms in total. The van der Waals surface area contributed by atoms with E-state index in [9.17, 15) is 9.59 Å². The molecule has 0 aromatic rings. The number of hydrogen-bond donors (Lipinski definition) is 1. The maximum Gasteiger partial charge on any atom is 0.320 e. The Hall–Kier alpha value is -1.10. The van der Waals surface area contributed by atoms with Crippen LogP contribution in [-0.2, 0) is 9.59 Å². The quantitative estimate of drug-likeness (QED) is 0.786. The number of carbonyl (C=O) groups excluding carboxylic acids is 1. The second kappa shape index (κ2) is 6.00. The van der Waals surface area contributed by atoms with Crippen LogP contribution in [0.4, 0.5) is 0 Å². The lowest BCUT2D eigenvalue weighted by atomic mass is 10.0. The SMILES string of the molecule is CC1CCCN(C(=O)CN(C)C(C)C(=O)O)C1. The highest BCUT2D eigenvalue weighted by Crippen LogP contribution is 2.15. The van der Waals surface area contributed by atoms with Crippen molar-refractivity contribution in [2.45, 2.75) is 32.7 Å². The Labute approximate surface area is 102 Å². The average Bonchev–Trinajstić information content (AvgIpc) is 2.27. The van der Waals surface area contributed by atoms with Crippen molar-refractivity contribution in [3.8, 4) is 0 Å². The Kier molecular flexibility index (Phi) is 4.93. The summed E-state index contributed by atoms with van der Waals surface area (Å²) in [5.41, 5.74) is 0. The van der Waals surface area contributed by atoms with Gasteiger partial charge in [0.05, 0.1) is 6.54 Å². The fourth-order valence-electron chi connectivity index (χ4n) is 2.05. The molecule has 2 atom stereocenters. The molecule has 1 saturated heterocycles. The van der Waals surface area contributed by atoms with Gasteiger partial charge in [0.15, 0.2) is 0 Å². The number of piperidine rings is 1. The van der Waals surface area contributed by atoms with E-state index in [0.29, 0.717) is 5.92 Å². The van der Waals surface area contributed by atoms with E-state index < -0.39 is 12.0 Å². The first-order valence-electron chi connectivity index (χ1n) is 6.12. The smallest absolute Gasteiger partial charge is 0.320 e. The van der Waals surface area contributed by atoms with Crippen LogP contribution < -0.4 is 0 Å². The number of amides is 1. The molecular weight excluding hydrogens is 220 g/mol. The molecule has 2 unspecified atom stereocenters. The zero-order valence-corrected chi connectivity index (χ0v) is 10.8. The number of carboxylic acids is 1. The molecule has 0 aromatic heterocycles. The van der Waals surface area contributed by atoms with Crippen molar-refractivity contribution >= 4 is 11.9 Å². The number of aliphatic carboxylic acids is 1. The van der Waals surface area contributed by atoms with Crippen molar-refractivity contribution in [3.63, 3.8) is 0 Å². The van der Waals surface area contributed by atoms with E-state index in [4.69, 9.17) is 5.11 Å². The standard InChI is InChI=1S/C12H22N2O3/c1-9-5-4-6-14(7-9)11(15)8-13(3)10(2)12(16)17/h9-10H,4-8H2,1-3H3,(H,16,17). The molecule has 1 aliphatic rings. The van der Waals surface area contributed by atoms with Crippen molar-refractivity contribution in [1.82, 2.24) is 9.80 Å². The summed E-state index contributed by atoms with van der Waals surface area (Å²) < 4.78 is 0. The van der Waals surface area contributed by atoms with Gasteiger partial charge in [0.2, 0.25) is 5.91 Å². The van der Waals surface area contributed by atoms with E-state index in [1.807, 2.05) is 4.90 Å². The van der Waals surface area contributed by atoms with Gasteiger partial charge in [-0.15, -0.1) is 0 Å². The zero-order chi connectivity index (χ0) is 13.0. The summed E-state index contributed by atoms with van der Waals surface area (Å²) in [6, 6.07) is -0.624. The number of carboxylic acid groups (broad SMARTS) is 1. The molecule has 1 amide bonds. The highest BCUT2D eigenvalue weighted by atomic mass is 16.4. The molecule has 0 aromatic carbocycles. The minimum atomic E-state index is -0.896. The topological polar surface area (TPSA) is 60.9 Å². The van der Waals surface area contributed by atoms with E-state index in [1.54, 1.807) is 18.9 Å². The van der Waals surface area contributed by atoms with Crippen LogP contribution in [0.1, 0.15) is 26.7 Å². The molecular formula is C12H22N2O3. The van der Waals surface area contributed by atoms with Crippen molar-refractivity contribution < 1.29 is 14.7 Å². The maximum absolute atomic E-state index is 12.0. The Morgan fingerprint density at radius 3 is 2.71 bits per heavy atom. The number of carbonyl (C=O) groups is 2. The van der Waals surface area contributed by atoms with Gasteiger partial charge in [-0.1, -0.05) is 6.92 Å². The molecule has 98 valence electrons. The number of hydrogen-bond acceptors (Lipinski definition) is 3. The summed E-state index contributed by atoms with van der Waals surface area (Å²) in [7, 11) is 1.67. The summed E-state index contributed by atoms with van der Waals surface area (Å²) in [6.45, 7) is 5.52. The number of nitrogens with zero attached hydrogens (tertiary/aromatic N) is 2. The predicted octanol–water partition coefficient (Wildman–Crippen LogP) is 0.650. The van der Waals surface area contributed by atoms with Gasteiger partial charge in [-0.05, 0) is 32.7 Å². The van der Waals surface area contributed by atoms with Crippen LogP contribution in [-0.4, -0.2) is 59.5 Å². The van der Waals surface area contributed by atoms with Crippen LogP contribution in [0.15, 0.2) is 0 Å². The molecule has 0 spiro atoms. The second-order valence-electron chi connectivity index (χ2n) is 5.02. The third-order valence-corrected chi connectivity index (χ3v) is 3.41. The lowest BCUT2D eigenvalue weighted by Crippen LogP contribution is -2.47. The third-order valence-electron chi connectivity index (χ3n) is 3.41. The van der Waals surface area contributed by atoms with Crippen molar-refractivity contribution in [2.24, 2.45) is 5.92 Å². The van der Waals surface area contributed by atoms with E-state index >= 15 is 0 Å². The Balaban J connectivity index is 2.45. The molecule has 17 heavy (non-hydrogen) atoms. The molecule has 1 aliphatic heterocycles. The first kappa shape index (κ1) is 14.0. The fraction of sp³-hybridized carbons (Fsp3) is 0.833. The number of rotatable bonds is 4. The normalized spacial score (nSPS) is 22.6. The largest absolute Gasteiger partial charge is 0.480 e. The summed E-state index contributed by atoms with van der Waals surface area (Å²) in [4.78, 5) is 26.2. The van der Waals surface area contributed by atoms with Gasteiger partial charge in [-0.2, -0.15) is 0 Å². The van der Waals surface area contributed by atoms with E-state index in [0.717, 1.165) is 19.5 Å². The minimum Gasteiger partial charge on any atom is -0.480 e. The summed E-state index contributed by atoms with van der Waals surface area (Å²) in [6.07, 6.45) is 2.22. The summed E-state index contributed by atoms with van der Waals surface area (Å²) in [5.74, 6) is -0.311. The van der Waals surface area contributed by atoms with Gasteiger partial charge >= 0.3 is 5.97 Å². The molecule has 0 saturated carbocycles. The average molecular weight is 242 g/mol. The first-order valence-corrected chi connectivity index (χ1v) is 6.12. The number of likely N-dealkylation sites (N-methyl/N-ethyl adjacent to an activating group) is 1. The van der Waals surface area contributed by atoms with Crippen LogP contribution in [0.3, 0.4) is 0 Å². The van der Waals surface area contributed by atoms with Crippen LogP contribution in [0.25, 0.3) is 0 Å². The van der Waals surface area contributed by atoms with Crippen molar-refractivity contribution in [1.29, 1.82) is 0 Å². The Morgan fingerprint density at radius 1 is 1.53 bits per heavy atom. The second-order valence-corrected chi connectivity index (χ2v) is 5.02. The van der Waals surface area contributed by atoms with E-state index in [1.165, 1.54) is 6.42 Å². The highest BCUT2D eigenvalue weighted by molar-refractivity contribution is 5.80. The predicted molar refractivity (Wildman–Crippen MR) is 64.7 cm³/mol. The van der Waals surface area contributed by atoms with E-state index in [-0.39, 0.29) is 12.5 Å². The summed E-state index contributed by atoms with van der Waals surface area (Å²) >= 11 is 0. The van der Waals surface area contributed by atoms with Gasteiger partial charge in [0.1, 0.15) is 6.04 Å².